The molecule has 0 aliphatic heterocycles. The van der Waals surface area contributed by atoms with Crippen LogP contribution in [0.15, 0.2) is 0 Å². The smallest absolute Gasteiger partial charge is 0.305 e. The molecule has 86 valence electrons. The second kappa shape index (κ2) is 5.11. The van der Waals surface area contributed by atoms with E-state index in [1.165, 1.54) is 7.11 Å². The van der Waals surface area contributed by atoms with Gasteiger partial charge in [-0.25, -0.2) is 0 Å². The summed E-state index contributed by atoms with van der Waals surface area (Å²) in [6.07, 6.45) is 3.46. The Morgan fingerprint density at radius 3 is 2.60 bits per heavy atom. The molecule has 0 saturated heterocycles. The third-order valence-corrected chi connectivity index (χ3v) is 2.77. The Morgan fingerprint density at radius 1 is 1.47 bits per heavy atom. The molecule has 0 unspecified atom stereocenters. The van der Waals surface area contributed by atoms with Crippen LogP contribution in [0.5, 0.6) is 0 Å². The first kappa shape index (κ1) is 12.0. The van der Waals surface area contributed by atoms with Crippen LogP contribution in [0.2, 0.25) is 0 Å². The van der Waals surface area contributed by atoms with E-state index in [1.54, 1.807) is 0 Å². The zero-order valence-corrected chi connectivity index (χ0v) is 9.04. The number of nitrogens with one attached hydrogen (secondary N) is 1. The van der Waals surface area contributed by atoms with Crippen molar-refractivity contribution in [2.24, 2.45) is 5.73 Å². The quantitative estimate of drug-likeness (QED) is 0.496. The normalized spacial score (nSPS) is 17.7. The van der Waals surface area contributed by atoms with E-state index in [2.05, 4.69) is 10.1 Å². The highest BCUT2D eigenvalue weighted by Gasteiger charge is 2.39. The molecule has 0 aromatic rings. The highest BCUT2D eigenvalue weighted by molar-refractivity contribution is 5.87. The van der Waals surface area contributed by atoms with Crippen molar-refractivity contribution in [3.63, 3.8) is 0 Å². The van der Waals surface area contributed by atoms with Crippen LogP contribution in [0.4, 0.5) is 0 Å². The molecule has 3 N–H and O–H groups in total. The van der Waals surface area contributed by atoms with E-state index in [1.807, 2.05) is 0 Å². The third-order valence-electron chi connectivity index (χ3n) is 2.77. The fourth-order valence-electron chi connectivity index (χ4n) is 1.50. The minimum atomic E-state index is -0.648. The summed E-state index contributed by atoms with van der Waals surface area (Å²) in [4.78, 5) is 22.3. The number of methoxy groups -OCH3 is 1. The molecule has 0 heterocycles. The molecule has 5 heteroatoms. The molecule has 1 saturated carbocycles. The van der Waals surface area contributed by atoms with Gasteiger partial charge in [0.25, 0.3) is 0 Å². The van der Waals surface area contributed by atoms with Crippen LogP contribution in [0, 0.1) is 0 Å². The Kier molecular flexibility index (Phi) is 4.08. The summed E-state index contributed by atoms with van der Waals surface area (Å²) in [7, 11) is 1.35. The summed E-state index contributed by atoms with van der Waals surface area (Å²) in [6.45, 7) is 0.479. The molecule has 0 bridgehead atoms. The van der Waals surface area contributed by atoms with Crippen molar-refractivity contribution in [2.45, 2.75) is 37.6 Å². The lowest BCUT2D eigenvalue weighted by Gasteiger charge is -2.36. The van der Waals surface area contributed by atoms with Crippen molar-refractivity contribution >= 4 is 11.9 Å². The van der Waals surface area contributed by atoms with Gasteiger partial charge in [-0.2, -0.15) is 0 Å². The van der Waals surface area contributed by atoms with E-state index in [0.717, 1.165) is 19.3 Å². The molecular weight excluding hydrogens is 196 g/mol. The average molecular weight is 214 g/mol. The monoisotopic (exact) mass is 214 g/mol. The zero-order valence-electron chi connectivity index (χ0n) is 9.04. The number of esters is 1. The molecule has 5 nitrogen and oxygen atoms in total. The Bertz CT molecular complexity index is 249. The number of carbonyl (C=O) groups excluding carboxylic acids is 2. The highest BCUT2D eigenvalue weighted by atomic mass is 16.5. The molecule has 1 amide bonds. The number of amides is 1. The summed E-state index contributed by atoms with van der Waals surface area (Å²) in [5, 5.41) is 2.73. The van der Waals surface area contributed by atoms with Gasteiger partial charge in [-0.3, -0.25) is 9.59 Å². The topological polar surface area (TPSA) is 81.4 Å². The average Bonchev–Trinajstić information content (AvgIpc) is 2.20. The first-order chi connectivity index (χ1) is 7.08. The van der Waals surface area contributed by atoms with E-state index >= 15 is 0 Å². The van der Waals surface area contributed by atoms with Crippen LogP contribution < -0.4 is 11.1 Å². The van der Waals surface area contributed by atoms with Crippen molar-refractivity contribution in [3.05, 3.63) is 0 Å². The number of ether oxygens (including phenoxy) is 1. The molecule has 15 heavy (non-hydrogen) atoms. The standard InChI is InChI=1S/C10H18N2O3/c1-15-8(13)4-2-7-12-9(14)10(11)5-3-6-10/h2-7,11H2,1H3,(H,12,14). The second-order valence-electron chi connectivity index (χ2n) is 3.95. The zero-order chi connectivity index (χ0) is 11.3. The molecule has 0 radical (unpaired) electrons. The Labute approximate surface area is 89.3 Å². The highest BCUT2D eigenvalue weighted by Crippen LogP contribution is 2.28. The summed E-state index contributed by atoms with van der Waals surface area (Å²) in [5.41, 5.74) is 5.16. The third kappa shape index (κ3) is 3.20. The van der Waals surface area contributed by atoms with Gasteiger partial charge in [-0.1, -0.05) is 0 Å². The Morgan fingerprint density at radius 2 is 2.13 bits per heavy atom. The van der Waals surface area contributed by atoms with Crippen molar-refractivity contribution in [3.8, 4) is 0 Å². The maximum Gasteiger partial charge on any atom is 0.305 e. The summed E-state index contributed by atoms with van der Waals surface area (Å²) >= 11 is 0. The number of hydrogen-bond acceptors (Lipinski definition) is 4. The second-order valence-corrected chi connectivity index (χ2v) is 3.95. The van der Waals surface area contributed by atoms with Crippen molar-refractivity contribution in [1.82, 2.24) is 5.32 Å². The van der Waals surface area contributed by atoms with E-state index < -0.39 is 5.54 Å². The fourth-order valence-corrected chi connectivity index (χ4v) is 1.50. The van der Waals surface area contributed by atoms with Crippen LogP contribution in [-0.2, 0) is 14.3 Å². The van der Waals surface area contributed by atoms with E-state index in [4.69, 9.17) is 5.73 Å². The van der Waals surface area contributed by atoms with Crippen molar-refractivity contribution < 1.29 is 14.3 Å². The molecule has 0 aromatic carbocycles. The summed E-state index contributed by atoms with van der Waals surface area (Å²) in [5.74, 6) is -0.353. The van der Waals surface area contributed by atoms with Gasteiger partial charge in [-0.15, -0.1) is 0 Å². The molecular formula is C10H18N2O3. The number of rotatable bonds is 5. The molecule has 1 aliphatic rings. The molecule has 1 rings (SSSR count). The Balaban J connectivity index is 2.10. The van der Waals surface area contributed by atoms with Gasteiger partial charge >= 0.3 is 5.97 Å². The minimum absolute atomic E-state index is 0.0985. The van der Waals surface area contributed by atoms with Crippen LogP contribution in [0.1, 0.15) is 32.1 Å². The van der Waals surface area contributed by atoms with Crippen molar-refractivity contribution in [1.29, 1.82) is 0 Å². The number of nitrogens with two attached hydrogens (primary N) is 1. The van der Waals surface area contributed by atoms with Gasteiger partial charge in [0.15, 0.2) is 0 Å². The summed E-state index contributed by atoms with van der Waals surface area (Å²) < 4.78 is 4.48. The van der Waals surface area contributed by atoms with Gasteiger partial charge in [-0.05, 0) is 25.7 Å². The molecule has 0 atom stereocenters. The van der Waals surface area contributed by atoms with E-state index in [0.29, 0.717) is 19.4 Å². The number of hydrogen-bond donors (Lipinski definition) is 2. The lowest BCUT2D eigenvalue weighted by molar-refractivity contribution is -0.141. The Hall–Kier alpha value is -1.10. The van der Waals surface area contributed by atoms with Crippen LogP contribution in [0.25, 0.3) is 0 Å². The summed E-state index contributed by atoms with van der Waals surface area (Å²) in [6, 6.07) is 0. The van der Waals surface area contributed by atoms with Crippen molar-refractivity contribution in [2.75, 3.05) is 13.7 Å². The van der Waals surface area contributed by atoms with E-state index in [9.17, 15) is 9.59 Å². The van der Waals surface area contributed by atoms with Crippen LogP contribution >= 0.6 is 0 Å². The first-order valence-corrected chi connectivity index (χ1v) is 5.22. The van der Waals surface area contributed by atoms with Gasteiger partial charge in [0.05, 0.1) is 12.6 Å². The first-order valence-electron chi connectivity index (χ1n) is 5.22. The van der Waals surface area contributed by atoms with Gasteiger partial charge in [0.1, 0.15) is 0 Å². The largest absolute Gasteiger partial charge is 0.469 e. The molecule has 1 aliphatic carbocycles. The maximum absolute atomic E-state index is 11.5. The van der Waals surface area contributed by atoms with Gasteiger partial charge in [0, 0.05) is 13.0 Å². The predicted molar refractivity (Wildman–Crippen MR) is 55.0 cm³/mol. The van der Waals surface area contributed by atoms with Crippen LogP contribution in [-0.4, -0.2) is 31.1 Å². The van der Waals surface area contributed by atoms with Gasteiger partial charge < -0.3 is 15.8 Å². The lowest BCUT2D eigenvalue weighted by Crippen LogP contribution is -2.58. The number of carbonyl (C=O) groups is 2. The maximum atomic E-state index is 11.5. The SMILES string of the molecule is COC(=O)CCCNC(=O)C1(N)CCC1. The van der Waals surface area contributed by atoms with Crippen LogP contribution in [0.3, 0.4) is 0 Å². The van der Waals surface area contributed by atoms with Gasteiger partial charge in [0.2, 0.25) is 5.91 Å². The predicted octanol–water partition coefficient (Wildman–Crippen LogP) is -0.0628. The van der Waals surface area contributed by atoms with E-state index in [-0.39, 0.29) is 11.9 Å². The molecule has 0 aromatic heterocycles. The lowest BCUT2D eigenvalue weighted by atomic mass is 9.77. The minimum Gasteiger partial charge on any atom is -0.469 e. The fraction of sp³-hybridized carbons (Fsp3) is 0.800. The molecule has 0 spiro atoms. The molecule has 1 fully saturated rings.